The van der Waals surface area contributed by atoms with Gasteiger partial charge in [-0.25, -0.2) is 4.98 Å². The van der Waals surface area contributed by atoms with E-state index >= 15 is 0 Å². The second-order valence-electron chi connectivity index (χ2n) is 2.89. The molecule has 1 atom stereocenters. The fourth-order valence-corrected chi connectivity index (χ4v) is 1.36. The maximum absolute atomic E-state index is 5.80. The van der Waals surface area contributed by atoms with E-state index in [1.165, 1.54) is 0 Å². The molecule has 0 aromatic carbocycles. The predicted molar refractivity (Wildman–Crippen MR) is 41.9 cm³/mol. The summed E-state index contributed by atoms with van der Waals surface area (Å²) >= 11 is 0. The van der Waals surface area contributed by atoms with Gasteiger partial charge in [-0.3, -0.25) is 0 Å². The van der Waals surface area contributed by atoms with Gasteiger partial charge in [0.2, 0.25) is 0 Å². The summed E-state index contributed by atoms with van der Waals surface area (Å²) in [5.74, 6) is 1.08. The fourth-order valence-electron chi connectivity index (χ4n) is 1.36. The Hall–Kier alpha value is -0.870. The van der Waals surface area contributed by atoms with Gasteiger partial charge in [-0.15, -0.1) is 0 Å². The number of imidazole rings is 1. The maximum Gasteiger partial charge on any atom is 0.122 e. The third-order valence-electron chi connectivity index (χ3n) is 1.92. The van der Waals surface area contributed by atoms with E-state index in [9.17, 15) is 0 Å². The van der Waals surface area contributed by atoms with Crippen LogP contribution in [0, 0.1) is 0 Å². The minimum Gasteiger partial charge on any atom is -0.332 e. The van der Waals surface area contributed by atoms with Gasteiger partial charge >= 0.3 is 0 Å². The largest absolute Gasteiger partial charge is 0.332 e. The smallest absolute Gasteiger partial charge is 0.122 e. The van der Waals surface area contributed by atoms with Crippen LogP contribution in [0.4, 0.5) is 0 Å². The number of hydrogen-bond acceptors (Lipinski definition) is 3. The molecule has 4 nitrogen and oxygen atoms in total. The minimum atomic E-state index is 0.213. The van der Waals surface area contributed by atoms with E-state index < -0.39 is 0 Å². The van der Waals surface area contributed by atoms with E-state index in [2.05, 4.69) is 14.9 Å². The highest BCUT2D eigenvalue weighted by Crippen LogP contribution is 2.01. The molecule has 0 bridgehead atoms. The van der Waals surface area contributed by atoms with Crippen LogP contribution in [0.25, 0.3) is 0 Å². The van der Waals surface area contributed by atoms with Crippen molar-refractivity contribution in [2.75, 3.05) is 6.54 Å². The monoisotopic (exact) mass is 152 g/mol. The standard InChI is InChI=1S/C7H12N4/c8-6-3-9-4-7-10-1-2-11(7)5-6/h1-2,6,9H,3-5,8H2. The first kappa shape index (κ1) is 6.82. The Bertz CT molecular complexity index is 242. The van der Waals surface area contributed by atoms with Crippen LogP contribution in [0.5, 0.6) is 0 Å². The second-order valence-corrected chi connectivity index (χ2v) is 2.89. The van der Waals surface area contributed by atoms with E-state index in [1.807, 2.05) is 12.4 Å². The zero-order valence-corrected chi connectivity index (χ0v) is 6.33. The van der Waals surface area contributed by atoms with Crippen LogP contribution >= 0.6 is 0 Å². The van der Waals surface area contributed by atoms with Gasteiger partial charge in [0, 0.05) is 31.5 Å². The van der Waals surface area contributed by atoms with Crippen LogP contribution in [0.1, 0.15) is 5.82 Å². The van der Waals surface area contributed by atoms with Gasteiger partial charge in [0.05, 0.1) is 6.54 Å². The molecule has 0 amide bonds. The number of rotatable bonds is 0. The van der Waals surface area contributed by atoms with E-state index in [0.29, 0.717) is 0 Å². The summed E-state index contributed by atoms with van der Waals surface area (Å²) in [5.41, 5.74) is 5.80. The summed E-state index contributed by atoms with van der Waals surface area (Å²) < 4.78 is 2.10. The first-order valence-electron chi connectivity index (χ1n) is 3.82. The zero-order valence-electron chi connectivity index (χ0n) is 6.33. The van der Waals surface area contributed by atoms with Gasteiger partial charge in [0.1, 0.15) is 5.82 Å². The highest BCUT2D eigenvalue weighted by Gasteiger charge is 2.11. The summed E-state index contributed by atoms with van der Waals surface area (Å²) in [6.45, 7) is 2.59. The highest BCUT2D eigenvalue weighted by atomic mass is 15.1. The molecule has 0 spiro atoms. The lowest BCUT2D eigenvalue weighted by Gasteiger charge is -2.07. The van der Waals surface area contributed by atoms with Crippen LogP contribution in [0.3, 0.4) is 0 Å². The van der Waals surface area contributed by atoms with Crippen LogP contribution in [0.2, 0.25) is 0 Å². The number of nitrogens with one attached hydrogen (secondary N) is 1. The van der Waals surface area contributed by atoms with Crippen molar-refractivity contribution < 1.29 is 0 Å². The third-order valence-corrected chi connectivity index (χ3v) is 1.92. The van der Waals surface area contributed by atoms with Crippen molar-refractivity contribution in [2.45, 2.75) is 19.1 Å². The molecule has 0 aliphatic carbocycles. The Labute approximate surface area is 65.4 Å². The van der Waals surface area contributed by atoms with Crippen LogP contribution in [0.15, 0.2) is 12.4 Å². The number of nitrogens with two attached hydrogens (primary N) is 1. The molecule has 0 saturated carbocycles. The molecule has 2 heterocycles. The second kappa shape index (κ2) is 2.64. The van der Waals surface area contributed by atoms with E-state index in [4.69, 9.17) is 5.73 Å². The van der Waals surface area contributed by atoms with Crippen LogP contribution in [-0.4, -0.2) is 22.1 Å². The maximum atomic E-state index is 5.80. The lowest BCUT2D eigenvalue weighted by Crippen LogP contribution is -2.33. The van der Waals surface area contributed by atoms with Gasteiger partial charge in [0.15, 0.2) is 0 Å². The van der Waals surface area contributed by atoms with Crippen LogP contribution < -0.4 is 11.1 Å². The summed E-state index contributed by atoms with van der Waals surface area (Å²) in [5, 5.41) is 3.23. The molecule has 4 heteroatoms. The fraction of sp³-hybridized carbons (Fsp3) is 0.571. The number of aromatic nitrogens is 2. The topological polar surface area (TPSA) is 55.9 Å². The van der Waals surface area contributed by atoms with Gasteiger partial charge in [-0.1, -0.05) is 0 Å². The Morgan fingerprint density at radius 1 is 1.73 bits per heavy atom. The molecule has 11 heavy (non-hydrogen) atoms. The molecule has 0 saturated heterocycles. The molecule has 0 fully saturated rings. The Balaban J connectivity index is 2.26. The van der Waals surface area contributed by atoms with E-state index in [0.717, 1.165) is 25.5 Å². The molecular weight excluding hydrogens is 140 g/mol. The summed E-state index contributed by atoms with van der Waals surface area (Å²) in [7, 11) is 0. The van der Waals surface area contributed by atoms with Gasteiger partial charge in [-0.2, -0.15) is 0 Å². The molecule has 1 aliphatic heterocycles. The van der Waals surface area contributed by atoms with E-state index in [-0.39, 0.29) is 6.04 Å². The lowest BCUT2D eigenvalue weighted by molar-refractivity contribution is 0.550. The van der Waals surface area contributed by atoms with Crippen molar-refractivity contribution in [1.82, 2.24) is 14.9 Å². The minimum absolute atomic E-state index is 0.213. The van der Waals surface area contributed by atoms with E-state index in [1.54, 1.807) is 0 Å². The van der Waals surface area contributed by atoms with Crippen molar-refractivity contribution in [1.29, 1.82) is 0 Å². The molecule has 1 aromatic rings. The predicted octanol–water partition coefficient (Wildman–Crippen LogP) is -0.686. The Kier molecular flexibility index (Phi) is 1.63. The summed E-state index contributed by atoms with van der Waals surface area (Å²) in [6, 6.07) is 0.213. The van der Waals surface area contributed by atoms with Crippen molar-refractivity contribution in [2.24, 2.45) is 5.73 Å². The molecule has 1 aromatic heterocycles. The van der Waals surface area contributed by atoms with Gasteiger partial charge in [0.25, 0.3) is 0 Å². The van der Waals surface area contributed by atoms with Crippen molar-refractivity contribution in [3.05, 3.63) is 18.2 Å². The van der Waals surface area contributed by atoms with Gasteiger partial charge < -0.3 is 15.6 Å². The highest BCUT2D eigenvalue weighted by molar-refractivity contribution is 4.95. The number of fused-ring (bicyclic) bond motifs is 1. The lowest BCUT2D eigenvalue weighted by atomic mass is 10.3. The molecule has 1 aliphatic rings. The molecular formula is C7H12N4. The first-order valence-corrected chi connectivity index (χ1v) is 3.82. The van der Waals surface area contributed by atoms with Crippen molar-refractivity contribution in [3.63, 3.8) is 0 Å². The van der Waals surface area contributed by atoms with Crippen molar-refractivity contribution in [3.8, 4) is 0 Å². The summed E-state index contributed by atoms with van der Waals surface area (Å²) in [4.78, 5) is 4.20. The van der Waals surface area contributed by atoms with Gasteiger partial charge in [-0.05, 0) is 0 Å². The molecule has 3 N–H and O–H groups in total. The average Bonchev–Trinajstić information content (AvgIpc) is 2.31. The molecule has 60 valence electrons. The number of hydrogen-bond donors (Lipinski definition) is 2. The summed E-state index contributed by atoms with van der Waals surface area (Å²) in [6.07, 6.45) is 3.79. The van der Waals surface area contributed by atoms with Crippen LogP contribution in [-0.2, 0) is 13.1 Å². The number of nitrogens with zero attached hydrogens (tertiary/aromatic N) is 2. The first-order chi connectivity index (χ1) is 5.36. The Morgan fingerprint density at radius 2 is 2.64 bits per heavy atom. The average molecular weight is 152 g/mol. The normalized spacial score (nSPS) is 24.3. The molecule has 2 rings (SSSR count). The SMILES string of the molecule is NC1CNCc2nccn2C1. The Morgan fingerprint density at radius 3 is 3.55 bits per heavy atom. The third kappa shape index (κ3) is 1.27. The van der Waals surface area contributed by atoms with Crippen molar-refractivity contribution >= 4 is 0 Å². The quantitative estimate of drug-likeness (QED) is 0.517. The zero-order chi connectivity index (χ0) is 7.68. The molecule has 0 radical (unpaired) electrons. The molecule has 1 unspecified atom stereocenters.